The van der Waals surface area contributed by atoms with Crippen LogP contribution in [0.25, 0.3) is 0 Å². The van der Waals surface area contributed by atoms with E-state index in [4.69, 9.17) is 5.73 Å². The fraction of sp³-hybridized carbons (Fsp3) is 0.667. The minimum absolute atomic E-state index is 0.214. The van der Waals surface area contributed by atoms with Crippen LogP contribution in [0.4, 0.5) is 0 Å². The Morgan fingerprint density at radius 2 is 1.64 bits per heavy atom. The highest BCUT2D eigenvalue weighted by Crippen LogP contribution is 1.85. The van der Waals surface area contributed by atoms with Crippen molar-refractivity contribution in [3.63, 3.8) is 0 Å². The zero-order valence-corrected chi connectivity index (χ0v) is 9.33. The smallest absolute Gasteiger partial charge is 0.234 e. The monoisotopic (exact) mass is 197 g/mol. The van der Waals surface area contributed by atoms with Gasteiger partial charge in [0.15, 0.2) is 0 Å². The molecule has 0 saturated heterocycles. The molecule has 5 nitrogen and oxygen atoms in total. The summed E-state index contributed by atoms with van der Waals surface area (Å²) in [5.41, 5.74) is 10.0. The lowest BCUT2D eigenvalue weighted by atomic mass is 10.3. The molecule has 0 rings (SSSR count). The number of nitrogens with two attached hydrogens (primary N) is 1. The molecule has 0 spiro atoms. The Balaban J connectivity index is 4.14. The third kappa shape index (κ3) is 6.16. The summed E-state index contributed by atoms with van der Waals surface area (Å²) in [4.78, 5) is 0. The zero-order chi connectivity index (χ0) is 11.0. The third-order valence-electron chi connectivity index (χ3n) is 1.71. The van der Waals surface area contributed by atoms with Crippen molar-refractivity contribution in [2.24, 2.45) is 21.0 Å². The second-order valence-corrected chi connectivity index (χ2v) is 2.99. The van der Waals surface area contributed by atoms with Crippen molar-refractivity contribution in [2.75, 3.05) is 0 Å². The largest absolute Gasteiger partial charge is 0.367 e. The van der Waals surface area contributed by atoms with E-state index in [1.54, 1.807) is 0 Å². The van der Waals surface area contributed by atoms with Crippen molar-refractivity contribution in [1.29, 1.82) is 0 Å². The highest BCUT2D eigenvalue weighted by molar-refractivity contribution is 5.86. The van der Waals surface area contributed by atoms with Gasteiger partial charge in [-0.25, -0.2) is 5.43 Å². The minimum atomic E-state index is 0.214. The number of nitrogens with one attached hydrogen (secondary N) is 1. The fourth-order valence-electron chi connectivity index (χ4n) is 0.464. The van der Waals surface area contributed by atoms with Crippen molar-refractivity contribution < 1.29 is 0 Å². The van der Waals surface area contributed by atoms with Crippen LogP contribution in [0.2, 0.25) is 0 Å². The van der Waals surface area contributed by atoms with Gasteiger partial charge in [-0.05, 0) is 26.7 Å². The van der Waals surface area contributed by atoms with Crippen LogP contribution < -0.4 is 11.2 Å². The molecule has 0 radical (unpaired) electrons. The summed E-state index contributed by atoms with van der Waals surface area (Å²) in [7, 11) is 0. The van der Waals surface area contributed by atoms with Crippen LogP contribution in [0.3, 0.4) is 0 Å². The second kappa shape index (κ2) is 7.06. The van der Waals surface area contributed by atoms with E-state index in [0.29, 0.717) is 0 Å². The van der Waals surface area contributed by atoms with Crippen LogP contribution in [-0.4, -0.2) is 17.4 Å². The molecule has 0 bridgehead atoms. The summed E-state index contributed by atoms with van der Waals surface area (Å²) in [6.07, 6.45) is 1.76. The molecule has 80 valence electrons. The van der Waals surface area contributed by atoms with Gasteiger partial charge in [0.05, 0.1) is 0 Å². The van der Waals surface area contributed by atoms with E-state index in [-0.39, 0.29) is 5.96 Å². The highest BCUT2D eigenvalue weighted by Gasteiger charge is 1.89. The van der Waals surface area contributed by atoms with Crippen LogP contribution in [0.15, 0.2) is 15.3 Å². The predicted molar refractivity (Wildman–Crippen MR) is 61.6 cm³/mol. The molecule has 5 heteroatoms. The molecule has 0 aromatic rings. The van der Waals surface area contributed by atoms with Crippen LogP contribution in [-0.2, 0) is 0 Å². The quantitative estimate of drug-likeness (QED) is 0.407. The molecule has 0 atom stereocenters. The van der Waals surface area contributed by atoms with Gasteiger partial charge in [-0.3, -0.25) is 0 Å². The lowest BCUT2D eigenvalue weighted by Crippen LogP contribution is -2.27. The summed E-state index contributed by atoms with van der Waals surface area (Å²) >= 11 is 0. The molecule has 14 heavy (non-hydrogen) atoms. The Bertz CT molecular complexity index is 252. The Morgan fingerprint density at radius 3 is 2.14 bits per heavy atom. The van der Waals surface area contributed by atoms with Gasteiger partial charge in [0, 0.05) is 11.4 Å². The molecule has 0 unspecified atom stereocenters. The summed E-state index contributed by atoms with van der Waals surface area (Å²) in [5, 5.41) is 11.6. The van der Waals surface area contributed by atoms with Crippen molar-refractivity contribution in [2.45, 2.75) is 40.5 Å². The Labute approximate surface area is 85.2 Å². The first-order chi connectivity index (χ1) is 6.60. The molecular formula is C9H19N5. The topological polar surface area (TPSA) is 75.1 Å². The lowest BCUT2D eigenvalue weighted by molar-refractivity contribution is 0.968. The van der Waals surface area contributed by atoms with E-state index in [0.717, 1.165) is 24.3 Å². The average molecular weight is 197 g/mol. The standard InChI is InChI=1S/C9H19N5/c1-5-7(3)11-13-9(10)14-12-8(4)6-2/h5-6H2,1-4H3,(H3,10,13,14)/b11-7+,12-8?. The first-order valence-electron chi connectivity index (χ1n) is 4.75. The van der Waals surface area contributed by atoms with E-state index in [1.165, 1.54) is 0 Å². The van der Waals surface area contributed by atoms with Crippen molar-refractivity contribution in [1.82, 2.24) is 5.43 Å². The maximum Gasteiger partial charge on any atom is 0.234 e. The summed E-state index contributed by atoms with van der Waals surface area (Å²) in [5.74, 6) is 0.214. The van der Waals surface area contributed by atoms with Gasteiger partial charge in [0.25, 0.3) is 0 Å². The van der Waals surface area contributed by atoms with Crippen LogP contribution in [0, 0.1) is 0 Å². The summed E-state index contributed by atoms with van der Waals surface area (Å²) in [6, 6.07) is 0. The minimum Gasteiger partial charge on any atom is -0.367 e. The number of nitrogens with zero attached hydrogens (tertiary/aromatic N) is 3. The molecule has 0 aliphatic rings. The average Bonchev–Trinajstić information content (AvgIpc) is 2.22. The van der Waals surface area contributed by atoms with Gasteiger partial charge in [-0.2, -0.15) is 10.2 Å². The Morgan fingerprint density at radius 1 is 1.07 bits per heavy atom. The lowest BCUT2D eigenvalue weighted by Gasteiger charge is -1.98. The Hall–Kier alpha value is -1.39. The van der Waals surface area contributed by atoms with Gasteiger partial charge in [0.2, 0.25) is 5.96 Å². The molecule has 0 aliphatic heterocycles. The molecule has 0 aliphatic carbocycles. The number of hydrogen-bond acceptors (Lipinski definition) is 3. The van der Waals surface area contributed by atoms with E-state index in [9.17, 15) is 0 Å². The van der Waals surface area contributed by atoms with Gasteiger partial charge < -0.3 is 5.73 Å². The molecular weight excluding hydrogens is 178 g/mol. The highest BCUT2D eigenvalue weighted by atomic mass is 15.4. The summed E-state index contributed by atoms with van der Waals surface area (Å²) in [6.45, 7) is 7.85. The van der Waals surface area contributed by atoms with Gasteiger partial charge in [-0.15, -0.1) is 5.10 Å². The fourth-order valence-corrected chi connectivity index (χ4v) is 0.464. The molecule has 0 saturated carbocycles. The normalized spacial score (nSPS) is 14.4. The maximum absolute atomic E-state index is 5.50. The number of rotatable bonds is 4. The Kier molecular flexibility index (Phi) is 6.36. The van der Waals surface area contributed by atoms with Crippen molar-refractivity contribution in [3.8, 4) is 0 Å². The SMILES string of the molecule is CCC(C)=NN/C(N)=N/N=C(\C)CC. The number of hydrogen-bond donors (Lipinski definition) is 2. The first-order valence-corrected chi connectivity index (χ1v) is 4.75. The van der Waals surface area contributed by atoms with Gasteiger partial charge >= 0.3 is 0 Å². The van der Waals surface area contributed by atoms with E-state index >= 15 is 0 Å². The molecule has 0 fully saturated rings. The molecule has 0 aromatic heterocycles. The van der Waals surface area contributed by atoms with Gasteiger partial charge in [0.1, 0.15) is 0 Å². The van der Waals surface area contributed by atoms with Crippen LogP contribution >= 0.6 is 0 Å². The predicted octanol–water partition coefficient (Wildman–Crippen LogP) is 1.46. The van der Waals surface area contributed by atoms with Crippen LogP contribution in [0.1, 0.15) is 40.5 Å². The van der Waals surface area contributed by atoms with E-state index in [2.05, 4.69) is 20.7 Å². The first kappa shape index (κ1) is 12.6. The van der Waals surface area contributed by atoms with Crippen LogP contribution in [0.5, 0.6) is 0 Å². The second-order valence-electron chi connectivity index (χ2n) is 2.99. The molecule has 0 amide bonds. The third-order valence-corrected chi connectivity index (χ3v) is 1.71. The van der Waals surface area contributed by atoms with Crippen molar-refractivity contribution in [3.05, 3.63) is 0 Å². The summed E-state index contributed by atoms with van der Waals surface area (Å²) < 4.78 is 0. The molecule has 3 N–H and O–H groups in total. The van der Waals surface area contributed by atoms with Crippen molar-refractivity contribution >= 4 is 17.4 Å². The molecule has 0 heterocycles. The molecule has 0 aromatic carbocycles. The van der Waals surface area contributed by atoms with Gasteiger partial charge in [-0.1, -0.05) is 13.8 Å². The van der Waals surface area contributed by atoms with E-state index in [1.807, 2.05) is 27.7 Å². The zero-order valence-electron chi connectivity index (χ0n) is 9.33. The van der Waals surface area contributed by atoms with E-state index < -0.39 is 0 Å². The number of guanidine groups is 1. The maximum atomic E-state index is 5.50. The number of hydrazone groups is 1.